The first-order valence-electron chi connectivity index (χ1n) is 4.63. The van der Waals surface area contributed by atoms with Crippen LogP contribution in [0.1, 0.15) is 19.8 Å². The topological polar surface area (TPSA) is 127 Å². The molecule has 92 valence electrons. The molecule has 2 atom stereocenters. The lowest BCUT2D eigenvalue weighted by Crippen LogP contribution is -2.45. The van der Waals surface area contributed by atoms with E-state index >= 15 is 0 Å². The van der Waals surface area contributed by atoms with Crippen LogP contribution in [0.15, 0.2) is 0 Å². The van der Waals surface area contributed by atoms with Gasteiger partial charge in [0.25, 0.3) is 0 Å². The Kier molecular flexibility index (Phi) is 5.95. The van der Waals surface area contributed by atoms with Gasteiger partial charge in [-0.2, -0.15) is 9.98 Å². The van der Waals surface area contributed by atoms with Gasteiger partial charge in [0.1, 0.15) is 6.04 Å². The van der Waals surface area contributed by atoms with Gasteiger partial charge in [0, 0.05) is 6.61 Å². The summed E-state index contributed by atoms with van der Waals surface area (Å²) in [4.78, 5) is 10.6. The van der Waals surface area contributed by atoms with Gasteiger partial charge in [-0.05, 0) is 12.8 Å². The van der Waals surface area contributed by atoms with Gasteiger partial charge in [-0.1, -0.05) is 6.92 Å². The number of nitriles is 1. The minimum atomic E-state index is -3.99. The molecule has 3 N–H and O–H groups in total. The maximum absolute atomic E-state index is 11.5. The van der Waals surface area contributed by atoms with E-state index < -0.39 is 33.9 Å². The zero-order valence-electron chi connectivity index (χ0n) is 8.75. The molecule has 0 heterocycles. The first kappa shape index (κ1) is 14.8. The molecule has 1 unspecified atom stereocenters. The molecule has 0 saturated carbocycles. The fourth-order valence-electron chi connectivity index (χ4n) is 1.02. The molecule has 7 nitrogen and oxygen atoms in total. The van der Waals surface area contributed by atoms with Gasteiger partial charge in [0.2, 0.25) is 10.0 Å². The Hall–Kier alpha value is -1.17. The van der Waals surface area contributed by atoms with Crippen LogP contribution in [0, 0.1) is 11.3 Å². The molecule has 0 radical (unpaired) electrons. The second-order valence-corrected chi connectivity index (χ2v) is 4.99. The Bertz CT molecular complexity index is 372. The highest BCUT2D eigenvalue weighted by Gasteiger charge is 2.29. The minimum absolute atomic E-state index is 0.0668. The number of aliphatic carboxylic acids is 1. The van der Waals surface area contributed by atoms with Crippen LogP contribution in [0.4, 0.5) is 0 Å². The van der Waals surface area contributed by atoms with Crippen LogP contribution in [0.2, 0.25) is 0 Å². The molecule has 0 saturated heterocycles. The lowest BCUT2D eigenvalue weighted by molar-refractivity contribution is -0.139. The van der Waals surface area contributed by atoms with Crippen LogP contribution in [0.3, 0.4) is 0 Å². The van der Waals surface area contributed by atoms with E-state index in [0.29, 0.717) is 0 Å². The maximum atomic E-state index is 11.5. The van der Waals surface area contributed by atoms with Gasteiger partial charge < -0.3 is 10.2 Å². The molecule has 0 aromatic carbocycles. The summed E-state index contributed by atoms with van der Waals surface area (Å²) in [5, 5.41) is 24.5. The summed E-state index contributed by atoms with van der Waals surface area (Å²) in [7, 11) is -3.99. The number of nitrogens with one attached hydrogen (secondary N) is 1. The van der Waals surface area contributed by atoms with E-state index in [4.69, 9.17) is 15.5 Å². The Labute approximate surface area is 93.7 Å². The second kappa shape index (κ2) is 6.42. The Morgan fingerprint density at radius 2 is 2.12 bits per heavy atom. The predicted octanol–water partition coefficient (Wildman–Crippen LogP) is -0.956. The van der Waals surface area contributed by atoms with E-state index in [0.717, 1.165) is 0 Å². The van der Waals surface area contributed by atoms with E-state index in [1.54, 1.807) is 6.07 Å². The molecular weight excluding hydrogens is 236 g/mol. The molecule has 0 rings (SSSR count). The quantitative estimate of drug-likeness (QED) is 0.534. The fourth-order valence-corrected chi connectivity index (χ4v) is 2.38. The molecule has 0 aliphatic carbocycles. The van der Waals surface area contributed by atoms with Crippen LogP contribution in [0.25, 0.3) is 0 Å². The number of carboxylic acids is 1. The number of carbonyl (C=O) groups is 1. The van der Waals surface area contributed by atoms with Crippen molar-refractivity contribution in [2.45, 2.75) is 31.1 Å². The molecule has 0 aliphatic heterocycles. The van der Waals surface area contributed by atoms with Crippen LogP contribution >= 0.6 is 0 Å². The Balaban J connectivity index is 4.80. The van der Waals surface area contributed by atoms with E-state index in [-0.39, 0.29) is 12.8 Å². The maximum Gasteiger partial charge on any atom is 0.321 e. The largest absolute Gasteiger partial charge is 0.480 e. The normalized spacial score (nSPS) is 15.1. The van der Waals surface area contributed by atoms with E-state index in [9.17, 15) is 13.2 Å². The smallest absolute Gasteiger partial charge is 0.321 e. The highest BCUT2D eigenvalue weighted by Crippen LogP contribution is 2.05. The summed E-state index contributed by atoms with van der Waals surface area (Å²) < 4.78 is 24.9. The summed E-state index contributed by atoms with van der Waals surface area (Å²) in [6, 6.07) is 0.167. The zero-order valence-corrected chi connectivity index (χ0v) is 9.57. The van der Waals surface area contributed by atoms with Crippen LogP contribution in [0.5, 0.6) is 0 Å². The molecule has 8 heteroatoms. The fraction of sp³-hybridized carbons (Fsp3) is 0.750. The van der Waals surface area contributed by atoms with Crippen molar-refractivity contribution in [3.05, 3.63) is 0 Å². The monoisotopic (exact) mass is 250 g/mol. The molecule has 0 aromatic rings. The molecular formula is C8H14N2O5S. The number of hydrogen-bond donors (Lipinski definition) is 3. The van der Waals surface area contributed by atoms with Gasteiger partial charge in [-0.3, -0.25) is 4.79 Å². The number of carboxylic acid groups (broad SMARTS) is 1. The average molecular weight is 250 g/mol. The minimum Gasteiger partial charge on any atom is -0.480 e. The van der Waals surface area contributed by atoms with Crippen molar-refractivity contribution in [2.24, 2.45) is 0 Å². The first-order chi connectivity index (χ1) is 7.38. The van der Waals surface area contributed by atoms with Crippen molar-refractivity contribution in [1.82, 2.24) is 4.72 Å². The second-order valence-electron chi connectivity index (χ2n) is 3.09. The van der Waals surface area contributed by atoms with Crippen LogP contribution in [-0.4, -0.2) is 42.5 Å². The molecule has 0 amide bonds. The van der Waals surface area contributed by atoms with Crippen molar-refractivity contribution in [3.63, 3.8) is 0 Å². The molecule has 0 aromatic heterocycles. The van der Waals surface area contributed by atoms with Crippen molar-refractivity contribution < 1.29 is 23.4 Å². The zero-order chi connectivity index (χ0) is 12.8. The third kappa shape index (κ3) is 4.14. The third-order valence-corrected chi connectivity index (χ3v) is 3.71. The van der Waals surface area contributed by atoms with Crippen molar-refractivity contribution in [1.29, 1.82) is 5.26 Å². The van der Waals surface area contributed by atoms with E-state index in [1.165, 1.54) is 6.92 Å². The summed E-state index contributed by atoms with van der Waals surface area (Å²) in [6.07, 6.45) is -0.173. The Morgan fingerprint density at radius 3 is 2.44 bits per heavy atom. The summed E-state index contributed by atoms with van der Waals surface area (Å²) >= 11 is 0. The third-order valence-electron chi connectivity index (χ3n) is 1.91. The predicted molar refractivity (Wildman–Crippen MR) is 54.9 cm³/mol. The van der Waals surface area contributed by atoms with E-state index in [1.807, 2.05) is 4.72 Å². The lowest BCUT2D eigenvalue weighted by atomic mass is 10.2. The standard InChI is InChI=1S/C8H14N2O5S/c1-2-6(5-9)16(14,15)10-7(3-4-11)8(12)13/h6-7,10-11H,2-4H2,1H3,(H,12,13)/t6?,7-/m1/s1. The molecule has 0 aliphatic rings. The highest BCUT2D eigenvalue weighted by atomic mass is 32.2. The molecule has 0 bridgehead atoms. The van der Waals surface area contributed by atoms with Crippen LogP contribution in [-0.2, 0) is 14.8 Å². The Morgan fingerprint density at radius 1 is 1.56 bits per heavy atom. The van der Waals surface area contributed by atoms with Crippen molar-refractivity contribution in [2.75, 3.05) is 6.61 Å². The highest BCUT2D eigenvalue weighted by molar-refractivity contribution is 7.90. The van der Waals surface area contributed by atoms with Gasteiger partial charge in [0.05, 0.1) is 6.07 Å². The van der Waals surface area contributed by atoms with Gasteiger partial charge >= 0.3 is 5.97 Å². The molecule has 16 heavy (non-hydrogen) atoms. The SMILES string of the molecule is CCC(C#N)S(=O)(=O)N[C@H](CCO)C(=O)O. The average Bonchev–Trinajstić information content (AvgIpc) is 2.18. The molecule has 0 fully saturated rings. The first-order valence-corrected chi connectivity index (χ1v) is 6.18. The summed E-state index contributed by atoms with van der Waals surface area (Å²) in [6.45, 7) is 1.05. The van der Waals surface area contributed by atoms with Crippen molar-refractivity contribution >= 4 is 16.0 Å². The number of aliphatic hydroxyl groups is 1. The van der Waals surface area contributed by atoms with Crippen LogP contribution < -0.4 is 4.72 Å². The summed E-state index contributed by atoms with van der Waals surface area (Å²) in [5.74, 6) is -1.38. The number of aliphatic hydroxyl groups excluding tert-OH is 1. The van der Waals surface area contributed by atoms with Gasteiger partial charge in [0.15, 0.2) is 5.25 Å². The number of rotatable bonds is 7. The number of sulfonamides is 1. The van der Waals surface area contributed by atoms with Gasteiger partial charge in [-0.15, -0.1) is 0 Å². The number of nitrogens with zero attached hydrogens (tertiary/aromatic N) is 1. The van der Waals surface area contributed by atoms with Gasteiger partial charge in [-0.25, -0.2) is 8.42 Å². The molecule has 0 spiro atoms. The van der Waals surface area contributed by atoms with E-state index in [2.05, 4.69) is 0 Å². The lowest BCUT2D eigenvalue weighted by Gasteiger charge is -2.15. The summed E-state index contributed by atoms with van der Waals surface area (Å²) in [5.41, 5.74) is 0. The number of hydrogen-bond acceptors (Lipinski definition) is 5. The van der Waals surface area contributed by atoms with Crippen molar-refractivity contribution in [3.8, 4) is 6.07 Å².